The van der Waals surface area contributed by atoms with Gasteiger partial charge in [0.15, 0.2) is 0 Å². The van der Waals surface area contributed by atoms with E-state index in [9.17, 15) is 9.59 Å². The molecular weight excluding hydrogens is 444 g/mol. The monoisotopic (exact) mass is 462 g/mol. The molecule has 2 saturated heterocycles. The molecule has 4 rings (SSSR count). The Balaban J connectivity index is 1.40. The number of carbonyl (C=O) groups excluding carboxylic acids is 2. The Morgan fingerprint density at radius 2 is 2.17 bits per heavy atom. The summed E-state index contributed by atoms with van der Waals surface area (Å²) in [5, 5.41) is 3.39. The van der Waals surface area contributed by atoms with Crippen molar-refractivity contribution in [1.29, 1.82) is 0 Å². The van der Waals surface area contributed by atoms with E-state index in [-0.39, 0.29) is 24.5 Å². The number of halogens is 1. The van der Waals surface area contributed by atoms with Crippen LogP contribution in [0.2, 0.25) is 5.02 Å². The summed E-state index contributed by atoms with van der Waals surface area (Å²) in [5.41, 5.74) is 0.772. The lowest BCUT2D eigenvalue weighted by atomic mass is 10.2. The third-order valence-corrected chi connectivity index (χ3v) is 6.47. The highest BCUT2D eigenvalue weighted by molar-refractivity contribution is 8.26. The van der Waals surface area contributed by atoms with E-state index in [1.165, 1.54) is 4.90 Å². The van der Waals surface area contributed by atoms with Crippen LogP contribution in [0.5, 0.6) is 0 Å². The SMILES string of the molecule is O=C(CN1C(=O)C(=Cc2ccc(-c3ccccc3Cl)o2)SC1=S)NCC1CCCO1. The van der Waals surface area contributed by atoms with Crippen molar-refractivity contribution in [3.63, 3.8) is 0 Å². The van der Waals surface area contributed by atoms with Crippen molar-refractivity contribution in [2.75, 3.05) is 19.7 Å². The number of carbonyl (C=O) groups is 2. The van der Waals surface area contributed by atoms with Crippen LogP contribution in [-0.4, -0.2) is 46.8 Å². The molecule has 0 spiro atoms. The first-order chi connectivity index (χ1) is 14.5. The zero-order chi connectivity index (χ0) is 21.1. The topological polar surface area (TPSA) is 71.8 Å². The molecule has 2 aliphatic heterocycles. The van der Waals surface area contributed by atoms with E-state index in [0.717, 1.165) is 36.8 Å². The molecule has 2 fully saturated rings. The molecule has 1 atom stereocenters. The van der Waals surface area contributed by atoms with Crippen LogP contribution >= 0.6 is 35.6 Å². The van der Waals surface area contributed by atoms with Crippen molar-refractivity contribution >= 4 is 57.8 Å². The van der Waals surface area contributed by atoms with E-state index in [0.29, 0.717) is 32.3 Å². The third-order valence-electron chi connectivity index (χ3n) is 4.77. The van der Waals surface area contributed by atoms with Crippen molar-refractivity contribution in [1.82, 2.24) is 10.2 Å². The molecule has 6 nitrogen and oxygen atoms in total. The number of amides is 2. The van der Waals surface area contributed by atoms with E-state index in [1.54, 1.807) is 24.3 Å². The average molecular weight is 463 g/mol. The second-order valence-electron chi connectivity index (χ2n) is 6.89. The van der Waals surface area contributed by atoms with Crippen LogP contribution in [0.4, 0.5) is 0 Å². The highest BCUT2D eigenvalue weighted by atomic mass is 35.5. The van der Waals surface area contributed by atoms with Crippen LogP contribution in [0.25, 0.3) is 17.4 Å². The predicted molar refractivity (Wildman–Crippen MR) is 121 cm³/mol. The Hall–Kier alpha value is -2.13. The van der Waals surface area contributed by atoms with E-state index >= 15 is 0 Å². The first-order valence-corrected chi connectivity index (χ1v) is 11.1. The van der Waals surface area contributed by atoms with Gasteiger partial charge in [0.2, 0.25) is 5.91 Å². The summed E-state index contributed by atoms with van der Waals surface area (Å²) in [6.45, 7) is 1.06. The fraction of sp³-hybridized carbons (Fsp3) is 0.286. The molecular formula is C21H19ClN2O4S2. The first-order valence-electron chi connectivity index (χ1n) is 9.49. The van der Waals surface area contributed by atoms with Crippen molar-refractivity contribution in [2.45, 2.75) is 18.9 Å². The summed E-state index contributed by atoms with van der Waals surface area (Å²) < 4.78 is 11.7. The van der Waals surface area contributed by atoms with Crippen LogP contribution in [0, 0.1) is 0 Å². The van der Waals surface area contributed by atoms with E-state index < -0.39 is 0 Å². The smallest absolute Gasteiger partial charge is 0.266 e. The summed E-state index contributed by atoms with van der Waals surface area (Å²) in [7, 11) is 0. The number of rotatable bonds is 6. The van der Waals surface area contributed by atoms with Gasteiger partial charge in [-0.15, -0.1) is 0 Å². The molecule has 3 heterocycles. The van der Waals surface area contributed by atoms with Crippen LogP contribution < -0.4 is 5.32 Å². The van der Waals surface area contributed by atoms with Gasteiger partial charge in [-0.3, -0.25) is 14.5 Å². The molecule has 1 N–H and O–H groups in total. The lowest BCUT2D eigenvalue weighted by Crippen LogP contribution is -2.41. The summed E-state index contributed by atoms with van der Waals surface area (Å²) in [5.74, 6) is 0.541. The number of thiocarbonyl (C=S) groups is 1. The minimum absolute atomic E-state index is 0.0475. The number of hydrogen-bond donors (Lipinski definition) is 1. The highest BCUT2D eigenvalue weighted by Gasteiger charge is 2.33. The van der Waals surface area contributed by atoms with Gasteiger partial charge in [0, 0.05) is 24.8 Å². The molecule has 1 aromatic heterocycles. The molecule has 2 amide bonds. The Labute approximate surface area is 188 Å². The molecule has 2 aromatic rings. The van der Waals surface area contributed by atoms with Crippen LogP contribution in [0.3, 0.4) is 0 Å². The molecule has 0 aliphatic carbocycles. The molecule has 2 aliphatic rings. The molecule has 156 valence electrons. The van der Waals surface area contributed by atoms with Gasteiger partial charge in [0.05, 0.1) is 16.0 Å². The summed E-state index contributed by atoms with van der Waals surface area (Å²) >= 11 is 12.7. The molecule has 0 bridgehead atoms. The number of nitrogens with one attached hydrogen (secondary N) is 1. The predicted octanol–water partition coefficient (Wildman–Crippen LogP) is 4.10. The van der Waals surface area contributed by atoms with Crippen molar-refractivity contribution < 1.29 is 18.7 Å². The van der Waals surface area contributed by atoms with Gasteiger partial charge in [0.25, 0.3) is 5.91 Å². The standard InChI is InChI=1S/C21H19ClN2O4S2/c22-16-6-2-1-5-15(16)17-8-7-13(28-17)10-18-20(26)24(21(29)30-18)12-19(25)23-11-14-4-3-9-27-14/h1-2,5-8,10,14H,3-4,9,11-12H2,(H,23,25). The molecule has 0 radical (unpaired) electrons. The quantitative estimate of drug-likeness (QED) is 0.515. The van der Waals surface area contributed by atoms with Crippen molar-refractivity contribution in [3.05, 3.63) is 52.1 Å². The second-order valence-corrected chi connectivity index (χ2v) is 8.97. The van der Waals surface area contributed by atoms with Crippen LogP contribution in [0.15, 0.2) is 45.7 Å². The third kappa shape index (κ3) is 4.78. The summed E-state index contributed by atoms with van der Waals surface area (Å²) in [6.07, 6.45) is 3.62. The number of benzene rings is 1. The number of ether oxygens (including phenoxy) is 1. The highest BCUT2D eigenvalue weighted by Crippen LogP contribution is 2.34. The fourth-order valence-electron chi connectivity index (χ4n) is 3.23. The zero-order valence-corrected chi connectivity index (χ0v) is 18.3. The van der Waals surface area contributed by atoms with E-state index in [2.05, 4.69) is 5.32 Å². The Bertz CT molecular complexity index is 1010. The van der Waals surface area contributed by atoms with Gasteiger partial charge >= 0.3 is 0 Å². The molecule has 1 unspecified atom stereocenters. The number of furan rings is 1. The van der Waals surface area contributed by atoms with Crippen LogP contribution in [0.1, 0.15) is 18.6 Å². The number of nitrogens with zero attached hydrogens (tertiary/aromatic N) is 1. The van der Waals surface area contributed by atoms with Crippen molar-refractivity contribution in [2.24, 2.45) is 0 Å². The molecule has 0 saturated carbocycles. The minimum atomic E-state index is -0.312. The van der Waals surface area contributed by atoms with Gasteiger partial charge in [-0.05, 0) is 37.1 Å². The van der Waals surface area contributed by atoms with Gasteiger partial charge in [0.1, 0.15) is 22.4 Å². The summed E-state index contributed by atoms with van der Waals surface area (Å²) in [6, 6.07) is 10.9. The van der Waals surface area contributed by atoms with E-state index in [4.69, 9.17) is 33.0 Å². The van der Waals surface area contributed by atoms with Gasteiger partial charge in [-0.2, -0.15) is 0 Å². The minimum Gasteiger partial charge on any atom is -0.457 e. The Kier molecular flexibility index (Phi) is 6.58. The average Bonchev–Trinajstić information content (AvgIpc) is 3.46. The number of hydrogen-bond acceptors (Lipinski definition) is 6. The Morgan fingerprint density at radius 3 is 2.93 bits per heavy atom. The van der Waals surface area contributed by atoms with E-state index in [1.807, 2.05) is 18.2 Å². The lowest BCUT2D eigenvalue weighted by molar-refractivity contribution is -0.129. The van der Waals surface area contributed by atoms with Gasteiger partial charge < -0.3 is 14.5 Å². The van der Waals surface area contributed by atoms with Gasteiger partial charge in [-0.25, -0.2) is 0 Å². The van der Waals surface area contributed by atoms with Crippen LogP contribution in [-0.2, 0) is 14.3 Å². The maximum atomic E-state index is 12.7. The maximum absolute atomic E-state index is 12.7. The second kappa shape index (κ2) is 9.34. The molecule has 9 heteroatoms. The Morgan fingerprint density at radius 1 is 1.33 bits per heavy atom. The fourth-order valence-corrected chi connectivity index (χ4v) is 4.70. The first kappa shape index (κ1) is 21.1. The maximum Gasteiger partial charge on any atom is 0.266 e. The lowest BCUT2D eigenvalue weighted by Gasteiger charge is -2.15. The normalized spacial score (nSPS) is 20.4. The number of thioether (sulfide) groups is 1. The molecule has 30 heavy (non-hydrogen) atoms. The largest absolute Gasteiger partial charge is 0.457 e. The van der Waals surface area contributed by atoms with Gasteiger partial charge in [-0.1, -0.05) is 47.7 Å². The van der Waals surface area contributed by atoms with Crippen molar-refractivity contribution in [3.8, 4) is 11.3 Å². The molecule has 1 aromatic carbocycles. The zero-order valence-electron chi connectivity index (χ0n) is 15.9. The summed E-state index contributed by atoms with van der Waals surface area (Å²) in [4.78, 5) is 26.7.